The van der Waals surface area contributed by atoms with Crippen LogP contribution in [0.4, 0.5) is 5.69 Å². The fourth-order valence-electron chi connectivity index (χ4n) is 4.48. The third-order valence-electron chi connectivity index (χ3n) is 6.38. The summed E-state index contributed by atoms with van der Waals surface area (Å²) in [7, 11) is 3.59. The predicted octanol–water partition coefficient (Wildman–Crippen LogP) is 3.01. The van der Waals surface area contributed by atoms with E-state index in [2.05, 4.69) is 28.4 Å². The topological polar surface area (TPSA) is 70.9 Å². The number of aromatic nitrogens is 2. The van der Waals surface area contributed by atoms with Crippen molar-refractivity contribution in [2.75, 3.05) is 51.8 Å². The third-order valence-corrected chi connectivity index (χ3v) is 6.38. The monoisotopic (exact) mass is 463 g/mol. The maximum absolute atomic E-state index is 13.7. The number of imidazole rings is 1. The van der Waals surface area contributed by atoms with Gasteiger partial charge in [0.25, 0.3) is 11.8 Å². The van der Waals surface area contributed by atoms with Crippen LogP contribution >= 0.6 is 0 Å². The number of para-hydroxylation sites is 1. The lowest BCUT2D eigenvalue weighted by atomic mass is 10.1. The summed E-state index contributed by atoms with van der Waals surface area (Å²) in [6.07, 6.45) is 2.65. The van der Waals surface area contributed by atoms with Gasteiger partial charge in [0, 0.05) is 51.1 Å². The molecular formula is C26H33N5O3. The molecule has 0 unspecified atom stereocenters. The van der Waals surface area contributed by atoms with Crippen molar-refractivity contribution in [3.8, 4) is 0 Å². The van der Waals surface area contributed by atoms with Crippen LogP contribution in [0.5, 0.6) is 0 Å². The van der Waals surface area contributed by atoms with Crippen LogP contribution in [0.15, 0.2) is 48.8 Å². The van der Waals surface area contributed by atoms with Gasteiger partial charge in [-0.3, -0.25) is 9.59 Å². The van der Waals surface area contributed by atoms with Crippen molar-refractivity contribution in [2.45, 2.75) is 26.4 Å². The number of hydrogen-bond donors (Lipinski definition) is 0. The van der Waals surface area contributed by atoms with Gasteiger partial charge in [-0.1, -0.05) is 18.2 Å². The minimum absolute atomic E-state index is 0.0250. The molecule has 4 rings (SSSR count). The maximum atomic E-state index is 13.7. The van der Waals surface area contributed by atoms with E-state index < -0.39 is 0 Å². The van der Waals surface area contributed by atoms with Gasteiger partial charge in [-0.05, 0) is 56.8 Å². The number of anilines is 1. The molecule has 1 aliphatic heterocycles. The number of fused-ring (bicyclic) bond motifs is 2. The van der Waals surface area contributed by atoms with Gasteiger partial charge in [-0.25, -0.2) is 4.98 Å². The average Bonchev–Trinajstić information content (AvgIpc) is 3.25. The lowest BCUT2D eigenvalue weighted by Gasteiger charge is -2.28. The lowest BCUT2D eigenvalue weighted by Crippen LogP contribution is -2.37. The Morgan fingerprint density at radius 1 is 1.06 bits per heavy atom. The Morgan fingerprint density at radius 3 is 2.68 bits per heavy atom. The number of benzene rings is 2. The molecule has 0 aliphatic carbocycles. The number of carbonyl (C=O) groups is 2. The minimum Gasteiger partial charge on any atom is -0.375 e. The quantitative estimate of drug-likeness (QED) is 0.595. The van der Waals surface area contributed by atoms with E-state index in [1.54, 1.807) is 4.90 Å². The molecule has 8 nitrogen and oxygen atoms in total. The van der Waals surface area contributed by atoms with E-state index >= 15 is 0 Å². The van der Waals surface area contributed by atoms with Crippen molar-refractivity contribution in [1.82, 2.24) is 19.4 Å². The molecule has 34 heavy (non-hydrogen) atoms. The second kappa shape index (κ2) is 10.8. The Bertz CT molecular complexity index is 1160. The van der Waals surface area contributed by atoms with Gasteiger partial charge >= 0.3 is 0 Å². The van der Waals surface area contributed by atoms with Crippen molar-refractivity contribution in [1.29, 1.82) is 0 Å². The van der Waals surface area contributed by atoms with E-state index in [1.165, 1.54) is 7.11 Å². The first-order valence-electron chi connectivity index (χ1n) is 11.8. The predicted molar refractivity (Wildman–Crippen MR) is 133 cm³/mol. The normalized spacial score (nSPS) is 15.7. The van der Waals surface area contributed by atoms with Crippen molar-refractivity contribution in [3.63, 3.8) is 0 Å². The van der Waals surface area contributed by atoms with Crippen molar-refractivity contribution in [3.05, 3.63) is 59.9 Å². The molecule has 180 valence electrons. The molecule has 3 aromatic rings. The first-order chi connectivity index (χ1) is 16.5. The largest absolute Gasteiger partial charge is 0.375 e. The minimum atomic E-state index is -0.0771. The molecule has 0 saturated carbocycles. The van der Waals surface area contributed by atoms with E-state index in [0.29, 0.717) is 25.2 Å². The maximum Gasteiger partial charge on any atom is 0.254 e. The Labute approximate surface area is 200 Å². The Hall–Kier alpha value is -3.23. The number of rotatable bonds is 4. The Kier molecular flexibility index (Phi) is 7.59. The van der Waals surface area contributed by atoms with Crippen LogP contribution in [0.25, 0.3) is 11.0 Å². The molecule has 1 aromatic heterocycles. The van der Waals surface area contributed by atoms with E-state index in [0.717, 1.165) is 48.3 Å². The molecule has 2 amide bonds. The fourth-order valence-corrected chi connectivity index (χ4v) is 4.48. The van der Waals surface area contributed by atoms with Crippen LogP contribution in [0, 0.1) is 0 Å². The smallest absolute Gasteiger partial charge is 0.254 e. The highest BCUT2D eigenvalue weighted by Crippen LogP contribution is 2.25. The number of methoxy groups -OCH3 is 1. The summed E-state index contributed by atoms with van der Waals surface area (Å²) in [6, 6.07) is 13.6. The summed E-state index contributed by atoms with van der Waals surface area (Å²) in [5.41, 5.74) is 4.25. The molecular weight excluding hydrogens is 430 g/mol. The van der Waals surface area contributed by atoms with Crippen LogP contribution in [0.2, 0.25) is 0 Å². The van der Waals surface area contributed by atoms with Gasteiger partial charge in [0.05, 0.1) is 17.4 Å². The SMILES string of the molecule is CCn1cnc2cc(C(=O)N3CCN(C)CCCN(C(=O)COC)c4ccccc4C3)ccc21. The van der Waals surface area contributed by atoms with Gasteiger partial charge < -0.3 is 24.0 Å². The standard InChI is InChI=1S/C26H33N5O3/c1-4-29-19-27-22-16-20(10-11-24(22)29)26(33)30-15-14-28(2)12-7-13-31(25(32)18-34-3)23-9-6-5-8-21(23)17-30/h5-6,8-11,16,19H,4,7,12-15,17-18H2,1-3H3. The van der Waals surface area contributed by atoms with Gasteiger partial charge in [0.15, 0.2) is 0 Å². The van der Waals surface area contributed by atoms with Crippen LogP contribution in [-0.2, 0) is 22.6 Å². The first-order valence-corrected chi connectivity index (χ1v) is 11.8. The van der Waals surface area contributed by atoms with Crippen LogP contribution in [0.3, 0.4) is 0 Å². The lowest BCUT2D eigenvalue weighted by molar-refractivity contribution is -0.122. The van der Waals surface area contributed by atoms with Gasteiger partial charge in [-0.15, -0.1) is 0 Å². The summed E-state index contributed by atoms with van der Waals surface area (Å²) in [4.78, 5) is 36.9. The molecule has 0 saturated heterocycles. The fraction of sp³-hybridized carbons (Fsp3) is 0.423. The molecule has 0 spiro atoms. The third kappa shape index (κ3) is 5.13. The molecule has 0 bridgehead atoms. The average molecular weight is 464 g/mol. The zero-order valence-electron chi connectivity index (χ0n) is 20.2. The molecule has 2 heterocycles. The van der Waals surface area contributed by atoms with Crippen LogP contribution in [-0.4, -0.2) is 78.1 Å². The molecule has 0 N–H and O–H groups in total. The zero-order valence-corrected chi connectivity index (χ0v) is 20.2. The second-order valence-corrected chi connectivity index (χ2v) is 8.72. The zero-order chi connectivity index (χ0) is 24.1. The summed E-state index contributed by atoms with van der Waals surface area (Å²) >= 11 is 0. The number of aryl methyl sites for hydroxylation is 1. The first kappa shape index (κ1) is 23.9. The molecule has 0 fully saturated rings. The Morgan fingerprint density at radius 2 is 1.88 bits per heavy atom. The molecule has 1 aliphatic rings. The second-order valence-electron chi connectivity index (χ2n) is 8.72. The number of likely N-dealkylation sites (N-methyl/N-ethyl adjacent to an activating group) is 1. The number of amides is 2. The van der Waals surface area contributed by atoms with Crippen molar-refractivity contribution < 1.29 is 14.3 Å². The van der Waals surface area contributed by atoms with Gasteiger partial charge in [-0.2, -0.15) is 0 Å². The van der Waals surface area contributed by atoms with Crippen molar-refractivity contribution >= 4 is 28.5 Å². The van der Waals surface area contributed by atoms with Gasteiger partial charge in [0.2, 0.25) is 0 Å². The highest BCUT2D eigenvalue weighted by Gasteiger charge is 2.24. The summed E-state index contributed by atoms with van der Waals surface area (Å²) in [5.74, 6) is -0.114. The highest BCUT2D eigenvalue weighted by molar-refractivity contribution is 5.98. The number of ether oxygens (including phenoxy) is 1. The molecule has 2 aromatic carbocycles. The summed E-state index contributed by atoms with van der Waals surface area (Å²) in [5, 5.41) is 0. The van der Waals surface area contributed by atoms with Crippen molar-refractivity contribution in [2.24, 2.45) is 0 Å². The Balaban J connectivity index is 1.68. The van der Waals surface area contributed by atoms with E-state index in [4.69, 9.17) is 4.74 Å². The molecule has 0 radical (unpaired) electrons. The van der Waals surface area contributed by atoms with E-state index in [1.807, 2.05) is 53.7 Å². The summed E-state index contributed by atoms with van der Waals surface area (Å²) in [6.45, 7) is 6.14. The van der Waals surface area contributed by atoms with Gasteiger partial charge in [0.1, 0.15) is 6.61 Å². The molecule has 8 heteroatoms. The summed E-state index contributed by atoms with van der Waals surface area (Å²) < 4.78 is 7.20. The van der Waals surface area contributed by atoms with Crippen LogP contribution in [0.1, 0.15) is 29.3 Å². The number of carbonyl (C=O) groups excluding carboxylic acids is 2. The van der Waals surface area contributed by atoms with E-state index in [-0.39, 0.29) is 18.4 Å². The highest BCUT2D eigenvalue weighted by atomic mass is 16.5. The van der Waals surface area contributed by atoms with E-state index in [9.17, 15) is 9.59 Å². The molecule has 0 atom stereocenters. The number of hydrogen-bond acceptors (Lipinski definition) is 5. The van der Waals surface area contributed by atoms with Crippen LogP contribution < -0.4 is 4.90 Å². The number of nitrogens with zero attached hydrogens (tertiary/aromatic N) is 5.